The Morgan fingerprint density at radius 1 is 1.25 bits per heavy atom. The van der Waals surface area contributed by atoms with Gasteiger partial charge in [-0.25, -0.2) is 9.97 Å². The Kier molecular flexibility index (Phi) is 3.12. The minimum Gasteiger partial charge on any atom is -0.230 e. The normalized spacial score (nSPS) is 11.7. The minimum absolute atomic E-state index is 0.174. The van der Waals surface area contributed by atoms with Crippen LogP contribution in [0.5, 0.6) is 0 Å². The molecule has 0 aliphatic heterocycles. The van der Waals surface area contributed by atoms with Crippen molar-refractivity contribution in [3.05, 3.63) is 16.9 Å². The van der Waals surface area contributed by atoms with Gasteiger partial charge in [0.15, 0.2) is 5.16 Å². The summed E-state index contributed by atoms with van der Waals surface area (Å²) < 4.78 is 1.09. The molecular weight excluding hydrogens is 236 g/mol. The van der Waals surface area contributed by atoms with Crippen molar-refractivity contribution in [2.24, 2.45) is 0 Å². The number of thioether (sulfide) groups is 1. The highest BCUT2D eigenvalue weighted by Gasteiger charge is 2.13. The fourth-order valence-corrected chi connectivity index (χ4v) is 1.59. The summed E-state index contributed by atoms with van der Waals surface area (Å²) in [7, 11) is 0. The molecule has 12 heavy (non-hydrogen) atoms. The van der Waals surface area contributed by atoms with Crippen LogP contribution in [0.15, 0.2) is 22.0 Å². The van der Waals surface area contributed by atoms with E-state index in [2.05, 4.69) is 46.7 Å². The van der Waals surface area contributed by atoms with Crippen LogP contribution in [-0.2, 0) is 0 Å². The van der Waals surface area contributed by atoms with E-state index in [0.29, 0.717) is 0 Å². The maximum atomic E-state index is 4.17. The van der Waals surface area contributed by atoms with Crippen LogP contribution in [0.4, 0.5) is 0 Å². The van der Waals surface area contributed by atoms with Crippen molar-refractivity contribution in [2.45, 2.75) is 30.7 Å². The van der Waals surface area contributed by atoms with Gasteiger partial charge in [-0.15, -0.1) is 0 Å². The van der Waals surface area contributed by atoms with Crippen LogP contribution in [0.1, 0.15) is 20.8 Å². The summed E-state index contributed by atoms with van der Waals surface area (Å²) in [5.41, 5.74) is 0. The van der Waals surface area contributed by atoms with Gasteiger partial charge < -0.3 is 0 Å². The predicted molar refractivity (Wildman–Crippen MR) is 55.3 cm³/mol. The first-order chi connectivity index (χ1) is 5.47. The Bertz CT molecular complexity index is 253. The topological polar surface area (TPSA) is 25.8 Å². The standard InChI is InChI=1S/C8H11BrN2S/c1-8(2,3)12-7-10-4-6(9)5-11-7/h4-5H,1-3H3. The fourth-order valence-electron chi connectivity index (χ4n) is 0.627. The van der Waals surface area contributed by atoms with E-state index in [1.807, 2.05) is 0 Å². The first kappa shape index (κ1) is 9.99. The maximum absolute atomic E-state index is 4.17. The Hall–Kier alpha value is -0.0900. The van der Waals surface area contributed by atoms with E-state index in [4.69, 9.17) is 0 Å². The number of halogens is 1. The lowest BCUT2D eigenvalue weighted by atomic mass is 10.3. The second-order valence-corrected chi connectivity index (χ2v) is 6.11. The van der Waals surface area contributed by atoms with E-state index >= 15 is 0 Å². The predicted octanol–water partition coefficient (Wildman–Crippen LogP) is 3.13. The molecule has 1 rings (SSSR count). The van der Waals surface area contributed by atoms with Gasteiger partial charge in [-0.1, -0.05) is 32.5 Å². The van der Waals surface area contributed by atoms with Crippen LogP contribution in [0.3, 0.4) is 0 Å². The van der Waals surface area contributed by atoms with E-state index in [9.17, 15) is 0 Å². The monoisotopic (exact) mass is 246 g/mol. The van der Waals surface area contributed by atoms with Crippen molar-refractivity contribution in [1.82, 2.24) is 9.97 Å². The van der Waals surface area contributed by atoms with E-state index in [-0.39, 0.29) is 4.75 Å². The van der Waals surface area contributed by atoms with Crippen LogP contribution in [-0.4, -0.2) is 14.7 Å². The highest BCUT2D eigenvalue weighted by atomic mass is 79.9. The number of hydrogen-bond donors (Lipinski definition) is 0. The van der Waals surface area contributed by atoms with E-state index in [1.54, 1.807) is 24.2 Å². The number of aromatic nitrogens is 2. The lowest BCUT2D eigenvalue weighted by Gasteiger charge is -2.15. The largest absolute Gasteiger partial charge is 0.230 e. The molecule has 4 heteroatoms. The minimum atomic E-state index is 0.174. The maximum Gasteiger partial charge on any atom is 0.188 e. The van der Waals surface area contributed by atoms with Crippen LogP contribution < -0.4 is 0 Å². The van der Waals surface area contributed by atoms with Crippen molar-refractivity contribution >= 4 is 27.7 Å². The molecule has 0 saturated heterocycles. The van der Waals surface area contributed by atoms with Crippen LogP contribution >= 0.6 is 27.7 Å². The molecule has 0 aliphatic carbocycles. The number of nitrogens with zero attached hydrogens (tertiary/aromatic N) is 2. The second-order valence-electron chi connectivity index (χ2n) is 3.40. The summed E-state index contributed by atoms with van der Waals surface area (Å²) in [6.07, 6.45) is 3.53. The molecule has 0 fully saturated rings. The van der Waals surface area contributed by atoms with Gasteiger partial charge in [-0.05, 0) is 15.9 Å². The summed E-state index contributed by atoms with van der Waals surface area (Å²) in [4.78, 5) is 8.34. The van der Waals surface area contributed by atoms with Gasteiger partial charge in [-0.2, -0.15) is 0 Å². The van der Waals surface area contributed by atoms with Gasteiger partial charge in [-0.3, -0.25) is 0 Å². The molecule has 0 aliphatic rings. The Morgan fingerprint density at radius 3 is 2.17 bits per heavy atom. The molecule has 0 radical (unpaired) electrons. The average molecular weight is 247 g/mol. The van der Waals surface area contributed by atoms with Crippen molar-refractivity contribution in [3.63, 3.8) is 0 Å². The molecule has 0 spiro atoms. The molecule has 1 heterocycles. The first-order valence-electron chi connectivity index (χ1n) is 3.64. The van der Waals surface area contributed by atoms with Gasteiger partial charge in [0.05, 0.1) is 4.47 Å². The summed E-state index contributed by atoms with van der Waals surface area (Å²) in [6, 6.07) is 0. The smallest absolute Gasteiger partial charge is 0.188 e. The molecule has 1 aromatic heterocycles. The summed E-state index contributed by atoms with van der Waals surface area (Å²) in [5, 5.41) is 0.825. The van der Waals surface area contributed by atoms with Gasteiger partial charge in [0.2, 0.25) is 0 Å². The molecule has 0 aromatic carbocycles. The Balaban J connectivity index is 2.71. The third kappa shape index (κ3) is 3.54. The molecule has 66 valence electrons. The number of rotatable bonds is 1. The van der Waals surface area contributed by atoms with Crippen molar-refractivity contribution < 1.29 is 0 Å². The lowest BCUT2D eigenvalue weighted by Crippen LogP contribution is -2.07. The van der Waals surface area contributed by atoms with E-state index < -0.39 is 0 Å². The highest BCUT2D eigenvalue weighted by Crippen LogP contribution is 2.28. The van der Waals surface area contributed by atoms with Crippen molar-refractivity contribution in [1.29, 1.82) is 0 Å². The molecule has 0 amide bonds. The summed E-state index contributed by atoms with van der Waals surface area (Å²) in [6.45, 7) is 6.43. The van der Waals surface area contributed by atoms with Crippen molar-refractivity contribution in [2.75, 3.05) is 0 Å². The Labute approximate surface area is 85.3 Å². The third-order valence-corrected chi connectivity index (χ3v) is 2.41. The van der Waals surface area contributed by atoms with E-state index in [0.717, 1.165) is 9.63 Å². The quantitative estimate of drug-likeness (QED) is 0.563. The first-order valence-corrected chi connectivity index (χ1v) is 5.25. The van der Waals surface area contributed by atoms with Gasteiger partial charge in [0.1, 0.15) is 0 Å². The molecule has 0 atom stereocenters. The fraction of sp³-hybridized carbons (Fsp3) is 0.500. The van der Waals surface area contributed by atoms with E-state index in [1.165, 1.54) is 0 Å². The second kappa shape index (κ2) is 3.75. The molecule has 0 bridgehead atoms. The molecule has 2 nitrogen and oxygen atoms in total. The molecule has 0 unspecified atom stereocenters. The lowest BCUT2D eigenvalue weighted by molar-refractivity contribution is 0.791. The molecule has 0 N–H and O–H groups in total. The summed E-state index contributed by atoms with van der Waals surface area (Å²) >= 11 is 4.96. The zero-order valence-electron chi connectivity index (χ0n) is 7.34. The van der Waals surface area contributed by atoms with Crippen LogP contribution in [0, 0.1) is 0 Å². The Morgan fingerprint density at radius 2 is 1.75 bits per heavy atom. The third-order valence-electron chi connectivity index (χ3n) is 0.994. The summed E-state index contributed by atoms with van der Waals surface area (Å²) in [5.74, 6) is 0. The average Bonchev–Trinajstić information content (AvgIpc) is 1.91. The van der Waals surface area contributed by atoms with Gasteiger partial charge in [0, 0.05) is 17.1 Å². The highest BCUT2D eigenvalue weighted by molar-refractivity contribution is 9.10. The zero-order chi connectivity index (χ0) is 9.19. The number of hydrogen-bond acceptors (Lipinski definition) is 3. The zero-order valence-corrected chi connectivity index (χ0v) is 9.74. The van der Waals surface area contributed by atoms with Gasteiger partial charge in [0.25, 0.3) is 0 Å². The van der Waals surface area contributed by atoms with Crippen LogP contribution in [0.25, 0.3) is 0 Å². The van der Waals surface area contributed by atoms with Gasteiger partial charge >= 0.3 is 0 Å². The molecule has 0 saturated carbocycles. The van der Waals surface area contributed by atoms with Crippen LogP contribution in [0.2, 0.25) is 0 Å². The molecule has 1 aromatic rings. The SMILES string of the molecule is CC(C)(C)Sc1ncc(Br)cn1. The van der Waals surface area contributed by atoms with Crippen molar-refractivity contribution in [3.8, 4) is 0 Å². The molecular formula is C8H11BrN2S.